The fraction of sp³-hybridized carbons (Fsp3) is 0.125. The van der Waals surface area contributed by atoms with E-state index < -0.39 is 5.97 Å². The van der Waals surface area contributed by atoms with E-state index in [0.29, 0.717) is 17.0 Å². The number of rotatable bonds is 4. The highest BCUT2D eigenvalue weighted by Crippen LogP contribution is 2.28. The highest BCUT2D eigenvalue weighted by molar-refractivity contribution is 5.92. The van der Waals surface area contributed by atoms with E-state index in [1.807, 2.05) is 67.8 Å². The lowest BCUT2D eigenvalue weighted by Crippen LogP contribution is -2.07. The molecule has 4 rings (SSSR count). The zero-order valence-corrected chi connectivity index (χ0v) is 16.9. The van der Waals surface area contributed by atoms with Crippen LogP contribution in [0.1, 0.15) is 38.7 Å². The normalized spacial score (nSPS) is 11.6. The molecule has 0 bridgehead atoms. The van der Waals surface area contributed by atoms with Gasteiger partial charge in [0.2, 0.25) is 0 Å². The van der Waals surface area contributed by atoms with Gasteiger partial charge in [0.25, 0.3) is 0 Å². The fourth-order valence-corrected chi connectivity index (χ4v) is 3.79. The molecule has 0 fully saturated rings. The minimum Gasteiger partial charge on any atom is -0.478 e. The van der Waals surface area contributed by atoms with E-state index in [-0.39, 0.29) is 5.56 Å². The van der Waals surface area contributed by atoms with Gasteiger partial charge < -0.3 is 14.7 Å². The van der Waals surface area contributed by atoms with Gasteiger partial charge in [0.1, 0.15) is 11.9 Å². The Bertz CT molecular complexity index is 1330. The van der Waals surface area contributed by atoms with E-state index in [2.05, 4.69) is 16.0 Å². The first kappa shape index (κ1) is 19.2. The summed E-state index contributed by atoms with van der Waals surface area (Å²) in [6.07, 6.45) is 1.81. The first-order valence-electron chi connectivity index (χ1n) is 9.50. The number of aromatic carboxylic acids is 1. The third-order valence-corrected chi connectivity index (χ3v) is 5.31. The van der Waals surface area contributed by atoms with E-state index in [1.165, 1.54) is 0 Å². The summed E-state index contributed by atoms with van der Waals surface area (Å²) < 4.78 is 2.02. The molecule has 0 saturated carbocycles. The summed E-state index contributed by atoms with van der Waals surface area (Å²) in [7, 11) is 0. The summed E-state index contributed by atoms with van der Waals surface area (Å²) in [5.41, 5.74) is 6.64. The lowest BCUT2D eigenvalue weighted by molar-refractivity contribution is 0.0696. The number of aryl methyl sites for hydroxylation is 1. The summed E-state index contributed by atoms with van der Waals surface area (Å²) >= 11 is 0. The van der Waals surface area contributed by atoms with Crippen LogP contribution in [0, 0.1) is 32.1 Å². The van der Waals surface area contributed by atoms with Gasteiger partial charge in [0, 0.05) is 17.1 Å². The Hall–Kier alpha value is -4.11. The van der Waals surface area contributed by atoms with Crippen LogP contribution in [-0.4, -0.2) is 25.6 Å². The topological polar surface area (TPSA) is 94.7 Å². The van der Waals surface area contributed by atoms with Crippen molar-refractivity contribution in [1.82, 2.24) is 14.5 Å². The van der Waals surface area contributed by atoms with Gasteiger partial charge in [-0.2, -0.15) is 5.26 Å². The van der Waals surface area contributed by atoms with Crippen LogP contribution in [0.3, 0.4) is 0 Å². The van der Waals surface area contributed by atoms with Crippen LogP contribution in [0.2, 0.25) is 0 Å². The van der Waals surface area contributed by atoms with Crippen molar-refractivity contribution >= 4 is 28.7 Å². The van der Waals surface area contributed by atoms with Crippen molar-refractivity contribution in [3.05, 3.63) is 82.4 Å². The second-order valence-corrected chi connectivity index (χ2v) is 7.19. The number of hydrogen-bond acceptors (Lipinski definition) is 3. The zero-order valence-electron chi connectivity index (χ0n) is 16.9. The molecule has 0 atom stereocenters. The maximum Gasteiger partial charge on any atom is 0.336 e. The molecule has 2 aromatic carbocycles. The smallest absolute Gasteiger partial charge is 0.336 e. The largest absolute Gasteiger partial charge is 0.478 e. The molecule has 0 spiro atoms. The van der Waals surface area contributed by atoms with Crippen molar-refractivity contribution in [2.24, 2.45) is 0 Å². The van der Waals surface area contributed by atoms with Crippen LogP contribution in [-0.2, 0) is 0 Å². The van der Waals surface area contributed by atoms with Gasteiger partial charge in [-0.15, -0.1) is 0 Å². The number of carbonyl (C=O) groups is 1. The van der Waals surface area contributed by atoms with Crippen molar-refractivity contribution in [1.29, 1.82) is 5.26 Å². The molecule has 2 aromatic heterocycles. The molecule has 0 radical (unpaired) electrons. The van der Waals surface area contributed by atoms with Gasteiger partial charge in [-0.3, -0.25) is 0 Å². The molecule has 0 saturated heterocycles. The molecule has 6 nitrogen and oxygen atoms in total. The van der Waals surface area contributed by atoms with Crippen molar-refractivity contribution in [3.63, 3.8) is 0 Å². The van der Waals surface area contributed by atoms with Gasteiger partial charge in [-0.05, 0) is 68.3 Å². The zero-order chi connectivity index (χ0) is 21.4. The minimum atomic E-state index is -0.950. The Labute approximate surface area is 173 Å². The second kappa shape index (κ2) is 7.37. The monoisotopic (exact) mass is 396 g/mol. The van der Waals surface area contributed by atoms with Crippen LogP contribution in [0.5, 0.6) is 0 Å². The van der Waals surface area contributed by atoms with Gasteiger partial charge in [-0.1, -0.05) is 18.2 Å². The Morgan fingerprint density at radius 1 is 1.17 bits per heavy atom. The number of nitrogens with zero attached hydrogens (tertiary/aromatic N) is 3. The van der Waals surface area contributed by atoms with E-state index in [0.717, 1.165) is 33.7 Å². The highest BCUT2D eigenvalue weighted by Gasteiger charge is 2.16. The van der Waals surface area contributed by atoms with E-state index in [1.54, 1.807) is 12.1 Å². The van der Waals surface area contributed by atoms with Gasteiger partial charge >= 0.3 is 5.97 Å². The summed E-state index contributed by atoms with van der Waals surface area (Å²) in [4.78, 5) is 19.2. The van der Waals surface area contributed by atoms with E-state index in [9.17, 15) is 15.2 Å². The molecule has 30 heavy (non-hydrogen) atoms. The van der Waals surface area contributed by atoms with Crippen LogP contribution in [0.4, 0.5) is 0 Å². The molecule has 2 N–H and O–H groups in total. The van der Waals surface area contributed by atoms with Gasteiger partial charge in [0.15, 0.2) is 0 Å². The third-order valence-electron chi connectivity index (χ3n) is 5.31. The predicted octanol–water partition coefficient (Wildman–Crippen LogP) is 5.04. The van der Waals surface area contributed by atoms with Crippen LogP contribution < -0.4 is 0 Å². The number of nitriles is 1. The number of allylic oxidation sites excluding steroid dienone is 1. The highest BCUT2D eigenvalue weighted by atomic mass is 16.4. The number of aromatic nitrogens is 3. The lowest BCUT2D eigenvalue weighted by atomic mass is 10.1. The number of benzene rings is 2. The molecule has 0 aliphatic rings. The first-order chi connectivity index (χ1) is 14.4. The van der Waals surface area contributed by atoms with Crippen LogP contribution in [0.15, 0.2) is 48.5 Å². The van der Waals surface area contributed by atoms with Crippen LogP contribution >= 0.6 is 0 Å². The molecule has 6 heteroatoms. The Morgan fingerprint density at radius 3 is 2.63 bits per heavy atom. The minimum absolute atomic E-state index is 0.275. The number of imidazole rings is 1. The molecule has 0 amide bonds. The molecule has 0 aliphatic heterocycles. The number of nitrogens with one attached hydrogen (secondary N) is 1. The van der Waals surface area contributed by atoms with Crippen molar-refractivity contribution in [2.45, 2.75) is 20.8 Å². The molecule has 2 heterocycles. The molecule has 4 aromatic rings. The predicted molar refractivity (Wildman–Crippen MR) is 117 cm³/mol. The number of para-hydroxylation sites is 2. The number of aromatic amines is 1. The lowest BCUT2D eigenvalue weighted by Gasteiger charge is -2.14. The Morgan fingerprint density at radius 2 is 1.93 bits per heavy atom. The number of fused-ring (bicyclic) bond motifs is 1. The average molecular weight is 396 g/mol. The maximum atomic E-state index is 11.5. The van der Waals surface area contributed by atoms with Crippen molar-refractivity contribution in [3.8, 4) is 11.8 Å². The van der Waals surface area contributed by atoms with Gasteiger partial charge in [0.05, 0.1) is 22.2 Å². The Balaban J connectivity index is 1.83. The molecular weight excluding hydrogens is 376 g/mol. The molecule has 0 unspecified atom stereocenters. The van der Waals surface area contributed by atoms with Crippen molar-refractivity contribution in [2.75, 3.05) is 0 Å². The van der Waals surface area contributed by atoms with E-state index >= 15 is 0 Å². The standard InChI is InChI=1S/C24H20N4O2/c1-14-11-17(12-18(13-25)23-26-20-8-4-5-9-21(20)27-23)16(3)28(14)22-10-6-7-19(15(22)2)24(29)30/h4-12H,1-3H3,(H,26,27)(H,29,30)/b18-12+. The number of carboxylic acids is 1. The van der Waals surface area contributed by atoms with Crippen LogP contribution in [0.25, 0.3) is 28.4 Å². The first-order valence-corrected chi connectivity index (χ1v) is 9.50. The summed E-state index contributed by atoms with van der Waals surface area (Å²) in [5, 5.41) is 19.2. The number of carboxylic acid groups (broad SMARTS) is 1. The van der Waals surface area contributed by atoms with E-state index in [4.69, 9.17) is 0 Å². The molecule has 0 aliphatic carbocycles. The fourth-order valence-electron chi connectivity index (χ4n) is 3.79. The molecule has 148 valence electrons. The average Bonchev–Trinajstić information content (AvgIpc) is 3.27. The number of hydrogen-bond donors (Lipinski definition) is 2. The van der Waals surface area contributed by atoms with Crippen molar-refractivity contribution < 1.29 is 9.90 Å². The molecular formula is C24H20N4O2. The maximum absolute atomic E-state index is 11.5. The third kappa shape index (κ3) is 3.16. The quantitative estimate of drug-likeness (QED) is 0.472. The summed E-state index contributed by atoms with van der Waals surface area (Å²) in [6.45, 7) is 5.73. The van der Waals surface area contributed by atoms with Gasteiger partial charge in [-0.25, -0.2) is 9.78 Å². The number of H-pyrrole nitrogens is 1. The SMILES string of the molecule is Cc1c(C(=O)O)cccc1-n1c(C)cc(/C=C(\C#N)c2nc3ccccc3[nH]2)c1C. The second-order valence-electron chi connectivity index (χ2n) is 7.19. The summed E-state index contributed by atoms with van der Waals surface area (Å²) in [6, 6.07) is 17.1. The summed E-state index contributed by atoms with van der Waals surface area (Å²) in [5.74, 6) is -0.429. The Kier molecular flexibility index (Phi) is 4.72.